The van der Waals surface area contributed by atoms with Gasteiger partial charge in [0.2, 0.25) is 5.43 Å². The van der Waals surface area contributed by atoms with Crippen LogP contribution in [0.4, 0.5) is 14.5 Å². The van der Waals surface area contributed by atoms with E-state index in [1.54, 1.807) is 4.57 Å². The number of halogens is 2. The van der Waals surface area contributed by atoms with Crippen LogP contribution in [0.2, 0.25) is 0 Å². The van der Waals surface area contributed by atoms with Crippen molar-refractivity contribution >= 4 is 22.6 Å². The first-order valence-corrected chi connectivity index (χ1v) is 7.90. The van der Waals surface area contributed by atoms with E-state index in [2.05, 4.69) is 4.98 Å². The van der Waals surface area contributed by atoms with E-state index in [0.717, 1.165) is 31.2 Å². The zero-order valence-corrected chi connectivity index (χ0v) is 13.4. The Bertz CT molecular complexity index is 1140. The number of fused-ring (bicyclic) bond motifs is 1. The minimum Gasteiger partial charge on any atom is -0.477 e. The van der Waals surface area contributed by atoms with Crippen molar-refractivity contribution in [1.29, 1.82) is 0 Å². The van der Waals surface area contributed by atoms with E-state index in [-0.39, 0.29) is 28.4 Å². The molecule has 132 valence electrons. The van der Waals surface area contributed by atoms with Crippen LogP contribution in [-0.4, -0.2) is 20.6 Å². The van der Waals surface area contributed by atoms with Crippen molar-refractivity contribution in [3.8, 4) is 11.3 Å². The standard InChI is InChI=1S/C18H13F2N3O3/c19-12-3-10-16(4-9(12)15-5-13(20)14(21)6-22-15)23(8-1-2-8)7-11(17(10)24)18(25)26/h3-8H,1-2,21H2,(H,25,26). The maximum Gasteiger partial charge on any atom is 0.341 e. The van der Waals surface area contributed by atoms with E-state index in [4.69, 9.17) is 5.73 Å². The molecule has 6 nitrogen and oxygen atoms in total. The molecule has 1 aliphatic carbocycles. The number of benzene rings is 1. The molecule has 4 rings (SSSR count). The Labute approximate surface area is 145 Å². The summed E-state index contributed by atoms with van der Waals surface area (Å²) in [4.78, 5) is 27.7. The summed E-state index contributed by atoms with van der Waals surface area (Å²) in [7, 11) is 0. The summed E-state index contributed by atoms with van der Waals surface area (Å²) in [6.45, 7) is 0. The number of aromatic carboxylic acids is 1. The quantitative estimate of drug-likeness (QED) is 0.751. The van der Waals surface area contributed by atoms with Crippen LogP contribution in [0.25, 0.3) is 22.2 Å². The lowest BCUT2D eigenvalue weighted by Gasteiger charge is -2.13. The molecular formula is C18H13F2N3O3. The molecule has 0 amide bonds. The van der Waals surface area contributed by atoms with Crippen LogP contribution in [0.5, 0.6) is 0 Å². The summed E-state index contributed by atoms with van der Waals surface area (Å²) in [5.41, 5.74) is 4.51. The van der Waals surface area contributed by atoms with Crippen molar-refractivity contribution < 1.29 is 18.7 Å². The topological polar surface area (TPSA) is 98.2 Å². The zero-order valence-electron chi connectivity index (χ0n) is 13.4. The van der Waals surface area contributed by atoms with Crippen molar-refractivity contribution in [3.63, 3.8) is 0 Å². The molecule has 26 heavy (non-hydrogen) atoms. The third kappa shape index (κ3) is 2.50. The van der Waals surface area contributed by atoms with Crippen LogP contribution in [-0.2, 0) is 0 Å². The second-order valence-electron chi connectivity index (χ2n) is 6.26. The van der Waals surface area contributed by atoms with Gasteiger partial charge in [-0.25, -0.2) is 13.6 Å². The molecule has 0 aliphatic heterocycles. The molecule has 0 bridgehead atoms. The molecule has 3 aromatic rings. The maximum atomic E-state index is 14.6. The molecule has 0 spiro atoms. The first-order chi connectivity index (χ1) is 12.4. The SMILES string of the molecule is Nc1cnc(-c2cc3c(cc2F)c(=O)c(C(=O)O)cn3C2CC2)cc1F. The average Bonchev–Trinajstić information content (AvgIpc) is 3.42. The number of nitrogens with two attached hydrogens (primary N) is 1. The van der Waals surface area contributed by atoms with E-state index < -0.39 is 28.6 Å². The Morgan fingerprint density at radius 3 is 2.58 bits per heavy atom. The molecular weight excluding hydrogens is 344 g/mol. The number of carboxylic acids is 1. The van der Waals surface area contributed by atoms with E-state index in [1.807, 2.05) is 0 Å². The molecule has 0 unspecified atom stereocenters. The van der Waals surface area contributed by atoms with E-state index in [9.17, 15) is 23.5 Å². The lowest BCUT2D eigenvalue weighted by Crippen LogP contribution is -2.19. The molecule has 3 N–H and O–H groups in total. The molecule has 0 radical (unpaired) electrons. The smallest absolute Gasteiger partial charge is 0.341 e. The van der Waals surface area contributed by atoms with Crippen molar-refractivity contribution in [2.75, 3.05) is 5.73 Å². The van der Waals surface area contributed by atoms with Gasteiger partial charge in [-0.2, -0.15) is 0 Å². The van der Waals surface area contributed by atoms with Crippen molar-refractivity contribution in [3.05, 3.63) is 58.0 Å². The minimum atomic E-state index is -1.36. The molecule has 0 saturated heterocycles. The Balaban J connectivity index is 2.03. The van der Waals surface area contributed by atoms with Crippen molar-refractivity contribution in [2.45, 2.75) is 18.9 Å². The zero-order chi connectivity index (χ0) is 18.6. The minimum absolute atomic E-state index is 0.00766. The van der Waals surface area contributed by atoms with Gasteiger partial charge in [-0.3, -0.25) is 9.78 Å². The Hall–Kier alpha value is -3.29. The summed E-state index contributed by atoms with van der Waals surface area (Å²) in [5.74, 6) is -2.88. The Morgan fingerprint density at radius 1 is 1.23 bits per heavy atom. The summed E-state index contributed by atoms with van der Waals surface area (Å²) in [6, 6.07) is 3.44. The third-order valence-electron chi connectivity index (χ3n) is 4.45. The molecule has 0 atom stereocenters. The number of nitrogens with zero attached hydrogens (tertiary/aromatic N) is 2. The fourth-order valence-electron chi connectivity index (χ4n) is 2.96. The van der Waals surface area contributed by atoms with Gasteiger partial charge in [0.1, 0.15) is 17.2 Å². The van der Waals surface area contributed by atoms with Crippen molar-refractivity contribution in [1.82, 2.24) is 9.55 Å². The molecule has 8 heteroatoms. The number of nitrogen functional groups attached to an aromatic ring is 1. The van der Waals surface area contributed by atoms with Gasteiger partial charge in [0.05, 0.1) is 23.1 Å². The second kappa shape index (κ2) is 5.62. The van der Waals surface area contributed by atoms with Gasteiger partial charge in [-0.1, -0.05) is 0 Å². The predicted octanol–water partition coefficient (Wildman–Crippen LogP) is 2.96. The summed E-state index contributed by atoms with van der Waals surface area (Å²) in [5, 5.41) is 9.21. The van der Waals surface area contributed by atoms with E-state index >= 15 is 0 Å². The van der Waals surface area contributed by atoms with Crippen LogP contribution in [0.3, 0.4) is 0 Å². The number of aromatic nitrogens is 2. The lowest BCUT2D eigenvalue weighted by molar-refractivity contribution is 0.0695. The number of hydrogen-bond acceptors (Lipinski definition) is 4. The van der Waals surface area contributed by atoms with Gasteiger partial charge in [-0.05, 0) is 25.0 Å². The van der Waals surface area contributed by atoms with Crippen molar-refractivity contribution in [2.24, 2.45) is 0 Å². The van der Waals surface area contributed by atoms with E-state index in [0.29, 0.717) is 5.52 Å². The van der Waals surface area contributed by atoms with Crippen LogP contribution >= 0.6 is 0 Å². The van der Waals surface area contributed by atoms with E-state index in [1.165, 1.54) is 12.3 Å². The van der Waals surface area contributed by atoms with Gasteiger partial charge < -0.3 is 15.4 Å². The van der Waals surface area contributed by atoms with Gasteiger partial charge in [-0.15, -0.1) is 0 Å². The molecule has 1 fully saturated rings. The number of anilines is 1. The largest absolute Gasteiger partial charge is 0.477 e. The van der Waals surface area contributed by atoms with Crippen LogP contribution in [0.15, 0.2) is 35.4 Å². The number of rotatable bonds is 3. The Morgan fingerprint density at radius 2 is 1.96 bits per heavy atom. The molecule has 1 saturated carbocycles. The normalized spacial score (nSPS) is 13.9. The van der Waals surface area contributed by atoms with Gasteiger partial charge >= 0.3 is 5.97 Å². The van der Waals surface area contributed by atoms with Gasteiger partial charge in [0, 0.05) is 29.3 Å². The first kappa shape index (κ1) is 16.2. The summed E-state index contributed by atoms with van der Waals surface area (Å²) in [6.07, 6.45) is 4.04. The average molecular weight is 357 g/mol. The second-order valence-corrected chi connectivity index (χ2v) is 6.26. The molecule has 1 aliphatic rings. The van der Waals surface area contributed by atoms with Gasteiger partial charge in [0.25, 0.3) is 0 Å². The van der Waals surface area contributed by atoms with Gasteiger partial charge in [0.15, 0.2) is 0 Å². The maximum absolute atomic E-state index is 14.6. The number of pyridine rings is 2. The molecule has 2 aromatic heterocycles. The number of carboxylic acid groups (broad SMARTS) is 1. The highest BCUT2D eigenvalue weighted by Gasteiger charge is 2.27. The monoisotopic (exact) mass is 357 g/mol. The van der Waals surface area contributed by atoms with Crippen LogP contribution in [0, 0.1) is 11.6 Å². The molecule has 1 aromatic carbocycles. The highest BCUT2D eigenvalue weighted by Crippen LogP contribution is 2.38. The lowest BCUT2D eigenvalue weighted by atomic mass is 10.0. The number of carbonyl (C=O) groups is 1. The fourth-order valence-corrected chi connectivity index (χ4v) is 2.96. The third-order valence-corrected chi connectivity index (χ3v) is 4.45. The highest BCUT2D eigenvalue weighted by atomic mass is 19.1. The number of hydrogen-bond donors (Lipinski definition) is 2. The fraction of sp³-hybridized carbons (Fsp3) is 0.167. The Kier molecular flexibility index (Phi) is 3.50. The predicted molar refractivity (Wildman–Crippen MR) is 91.0 cm³/mol. The van der Waals surface area contributed by atoms with Crippen LogP contribution < -0.4 is 11.2 Å². The first-order valence-electron chi connectivity index (χ1n) is 7.90. The molecule has 2 heterocycles. The summed E-state index contributed by atoms with van der Waals surface area (Å²) >= 11 is 0. The van der Waals surface area contributed by atoms with Crippen LogP contribution in [0.1, 0.15) is 29.2 Å². The highest BCUT2D eigenvalue weighted by molar-refractivity contribution is 5.94. The summed E-state index contributed by atoms with van der Waals surface area (Å²) < 4.78 is 30.0.